The summed E-state index contributed by atoms with van der Waals surface area (Å²) in [6, 6.07) is 20.5. The van der Waals surface area contributed by atoms with Gasteiger partial charge in [0.1, 0.15) is 0 Å². The minimum atomic E-state index is -0.415. The molecular formula is C20H17N3O2. The molecule has 0 saturated heterocycles. The average molecular weight is 331 g/mol. The second-order valence-corrected chi connectivity index (χ2v) is 5.47. The van der Waals surface area contributed by atoms with E-state index in [0.717, 1.165) is 11.1 Å². The van der Waals surface area contributed by atoms with Crippen molar-refractivity contribution in [3.8, 4) is 0 Å². The summed E-state index contributed by atoms with van der Waals surface area (Å²) in [4.78, 5) is 28.3. The van der Waals surface area contributed by atoms with E-state index >= 15 is 0 Å². The molecular weight excluding hydrogens is 314 g/mol. The molecule has 0 saturated carbocycles. The molecule has 0 aliphatic carbocycles. The first-order chi connectivity index (χ1) is 12.2. The molecule has 1 aromatic heterocycles. The van der Waals surface area contributed by atoms with Crippen molar-refractivity contribution in [2.24, 2.45) is 0 Å². The molecule has 0 spiro atoms. The lowest BCUT2D eigenvalue weighted by atomic mass is 9.99. The molecule has 5 heteroatoms. The molecule has 2 amide bonds. The quantitative estimate of drug-likeness (QED) is 0.722. The van der Waals surface area contributed by atoms with Crippen molar-refractivity contribution < 1.29 is 9.59 Å². The summed E-state index contributed by atoms with van der Waals surface area (Å²) in [6.07, 6.45) is 3.65. The number of amides is 2. The minimum absolute atomic E-state index is 0.358. The van der Waals surface area contributed by atoms with Gasteiger partial charge in [0, 0.05) is 18.0 Å². The predicted molar refractivity (Wildman–Crippen MR) is 94.9 cm³/mol. The number of hydrogen-bond acceptors (Lipinski definition) is 3. The molecule has 0 unspecified atom stereocenters. The summed E-state index contributed by atoms with van der Waals surface area (Å²) >= 11 is 0. The topological polar surface area (TPSA) is 71.1 Å². The molecule has 2 N–H and O–H groups in total. The highest BCUT2D eigenvalue weighted by molar-refractivity contribution is 5.99. The fourth-order valence-electron chi connectivity index (χ4n) is 2.46. The van der Waals surface area contributed by atoms with E-state index in [-0.39, 0.29) is 5.91 Å². The maximum atomic E-state index is 12.5. The molecule has 0 bridgehead atoms. The highest BCUT2D eigenvalue weighted by Crippen LogP contribution is 2.14. The van der Waals surface area contributed by atoms with Crippen LogP contribution in [0.5, 0.6) is 0 Å². The van der Waals surface area contributed by atoms with Crippen LogP contribution in [0, 0.1) is 0 Å². The van der Waals surface area contributed by atoms with Crippen molar-refractivity contribution >= 4 is 11.8 Å². The van der Waals surface area contributed by atoms with Crippen LogP contribution in [0.1, 0.15) is 31.8 Å². The Morgan fingerprint density at radius 2 is 1.52 bits per heavy atom. The molecule has 3 rings (SSSR count). The first-order valence-electron chi connectivity index (χ1n) is 7.86. The number of nitrogens with zero attached hydrogens (tertiary/aromatic N) is 1. The van der Waals surface area contributed by atoms with E-state index in [0.29, 0.717) is 17.5 Å². The lowest BCUT2D eigenvalue weighted by Gasteiger charge is -2.11. The van der Waals surface area contributed by atoms with E-state index < -0.39 is 5.91 Å². The average Bonchev–Trinajstić information content (AvgIpc) is 2.68. The van der Waals surface area contributed by atoms with Gasteiger partial charge in [0.15, 0.2) is 0 Å². The summed E-state index contributed by atoms with van der Waals surface area (Å²) in [6.45, 7) is 0. The van der Waals surface area contributed by atoms with Crippen LogP contribution in [0.2, 0.25) is 0 Å². The summed E-state index contributed by atoms with van der Waals surface area (Å²) in [5, 5.41) is 0. The van der Waals surface area contributed by atoms with Crippen molar-refractivity contribution in [3.63, 3.8) is 0 Å². The van der Waals surface area contributed by atoms with Gasteiger partial charge in [-0.1, -0.05) is 48.5 Å². The maximum Gasteiger partial charge on any atom is 0.271 e. The van der Waals surface area contributed by atoms with Gasteiger partial charge >= 0.3 is 0 Å². The van der Waals surface area contributed by atoms with Crippen molar-refractivity contribution in [2.75, 3.05) is 0 Å². The largest absolute Gasteiger partial charge is 0.271 e. The van der Waals surface area contributed by atoms with Gasteiger partial charge in [0.25, 0.3) is 11.8 Å². The van der Waals surface area contributed by atoms with Crippen LogP contribution in [0.25, 0.3) is 0 Å². The van der Waals surface area contributed by atoms with E-state index in [9.17, 15) is 9.59 Å². The number of aromatic nitrogens is 1. The van der Waals surface area contributed by atoms with Gasteiger partial charge in [-0.15, -0.1) is 0 Å². The summed E-state index contributed by atoms with van der Waals surface area (Å²) in [5.41, 5.74) is 7.77. The maximum absolute atomic E-state index is 12.5. The zero-order chi connectivity index (χ0) is 17.5. The Hall–Kier alpha value is -3.47. The van der Waals surface area contributed by atoms with Gasteiger partial charge in [-0.25, -0.2) is 0 Å². The van der Waals surface area contributed by atoms with Crippen LogP contribution in [-0.4, -0.2) is 16.8 Å². The first-order valence-corrected chi connectivity index (χ1v) is 7.86. The van der Waals surface area contributed by atoms with Gasteiger partial charge < -0.3 is 0 Å². The molecule has 0 atom stereocenters. The minimum Gasteiger partial charge on any atom is -0.267 e. The van der Waals surface area contributed by atoms with Gasteiger partial charge in [-0.05, 0) is 35.7 Å². The molecule has 3 aromatic rings. The Bertz CT molecular complexity index is 864. The first kappa shape index (κ1) is 16.4. The second-order valence-electron chi connectivity index (χ2n) is 5.47. The van der Waals surface area contributed by atoms with E-state index in [1.165, 1.54) is 6.20 Å². The molecule has 0 fully saturated rings. The molecule has 5 nitrogen and oxygen atoms in total. The van der Waals surface area contributed by atoms with Gasteiger partial charge in [-0.3, -0.25) is 25.4 Å². The van der Waals surface area contributed by atoms with E-state index in [4.69, 9.17) is 0 Å². The lowest BCUT2D eigenvalue weighted by Crippen LogP contribution is -2.42. The Morgan fingerprint density at radius 1 is 0.800 bits per heavy atom. The van der Waals surface area contributed by atoms with Crippen LogP contribution >= 0.6 is 0 Å². The van der Waals surface area contributed by atoms with E-state index in [1.54, 1.807) is 30.5 Å². The fraction of sp³-hybridized carbons (Fsp3) is 0.0500. The second kappa shape index (κ2) is 7.88. The number of hydrogen-bond donors (Lipinski definition) is 2. The zero-order valence-corrected chi connectivity index (χ0v) is 13.5. The van der Waals surface area contributed by atoms with E-state index in [1.807, 2.05) is 42.5 Å². The molecule has 1 heterocycles. The molecule has 0 aliphatic rings. The van der Waals surface area contributed by atoms with Crippen LogP contribution in [0.15, 0.2) is 79.1 Å². The Kier molecular flexibility index (Phi) is 5.16. The third-order valence-electron chi connectivity index (χ3n) is 3.71. The van der Waals surface area contributed by atoms with Crippen LogP contribution in [0.4, 0.5) is 0 Å². The highest BCUT2D eigenvalue weighted by Gasteiger charge is 2.13. The van der Waals surface area contributed by atoms with Crippen LogP contribution in [0.3, 0.4) is 0 Å². The van der Waals surface area contributed by atoms with Crippen LogP contribution < -0.4 is 10.9 Å². The number of carbonyl (C=O) groups is 2. The van der Waals surface area contributed by atoms with Crippen molar-refractivity contribution in [3.05, 3.63) is 101 Å². The SMILES string of the molecule is O=C(NNC(=O)c1ccccc1Cc1ccccc1)c1cccnc1. The van der Waals surface area contributed by atoms with Crippen LogP contribution in [-0.2, 0) is 6.42 Å². The predicted octanol–water partition coefficient (Wildman–Crippen LogP) is 2.75. The highest BCUT2D eigenvalue weighted by atomic mass is 16.2. The Labute approximate surface area is 145 Å². The summed E-state index contributed by atoms with van der Waals surface area (Å²) < 4.78 is 0. The smallest absolute Gasteiger partial charge is 0.267 e. The number of pyridine rings is 1. The monoisotopic (exact) mass is 331 g/mol. The molecule has 0 aliphatic heterocycles. The molecule has 25 heavy (non-hydrogen) atoms. The fourth-order valence-corrected chi connectivity index (χ4v) is 2.46. The van der Waals surface area contributed by atoms with Crippen molar-refractivity contribution in [2.45, 2.75) is 6.42 Å². The Balaban J connectivity index is 1.69. The summed E-state index contributed by atoms with van der Waals surface area (Å²) in [7, 11) is 0. The number of hydrazine groups is 1. The number of rotatable bonds is 4. The number of nitrogens with one attached hydrogen (secondary N) is 2. The lowest BCUT2D eigenvalue weighted by molar-refractivity contribution is 0.0846. The number of carbonyl (C=O) groups excluding carboxylic acids is 2. The van der Waals surface area contributed by atoms with Gasteiger partial charge in [0.05, 0.1) is 5.56 Å². The Morgan fingerprint density at radius 3 is 2.28 bits per heavy atom. The van der Waals surface area contributed by atoms with E-state index in [2.05, 4.69) is 15.8 Å². The van der Waals surface area contributed by atoms with Gasteiger partial charge in [0.2, 0.25) is 0 Å². The zero-order valence-electron chi connectivity index (χ0n) is 13.5. The third kappa shape index (κ3) is 4.29. The third-order valence-corrected chi connectivity index (χ3v) is 3.71. The standard InChI is InChI=1S/C20H17N3O2/c24-19(17-10-6-12-21-14-17)22-23-20(25)18-11-5-4-9-16(18)13-15-7-2-1-3-8-15/h1-12,14H,13H2,(H,22,24)(H,23,25). The molecule has 124 valence electrons. The molecule has 0 radical (unpaired) electrons. The van der Waals surface area contributed by atoms with Gasteiger partial charge in [-0.2, -0.15) is 0 Å². The normalized spacial score (nSPS) is 10.1. The molecule has 2 aromatic carbocycles. The number of benzene rings is 2. The summed E-state index contributed by atoms with van der Waals surface area (Å²) in [5.74, 6) is -0.772. The van der Waals surface area contributed by atoms with Crippen molar-refractivity contribution in [1.29, 1.82) is 0 Å². The van der Waals surface area contributed by atoms with Crippen molar-refractivity contribution in [1.82, 2.24) is 15.8 Å².